The Morgan fingerprint density at radius 1 is 0.975 bits per heavy atom. The van der Waals surface area contributed by atoms with Gasteiger partial charge in [-0.2, -0.15) is 0 Å². The van der Waals surface area contributed by atoms with E-state index in [0.717, 1.165) is 72.6 Å². The van der Waals surface area contributed by atoms with Crippen LogP contribution < -0.4 is 10.1 Å². The maximum atomic E-state index is 12.7. The lowest BCUT2D eigenvalue weighted by Gasteiger charge is -2.32. The fraction of sp³-hybridized carbons (Fsp3) is 0.344. The van der Waals surface area contributed by atoms with Crippen molar-refractivity contribution < 1.29 is 9.53 Å². The first-order chi connectivity index (χ1) is 19.6. The Morgan fingerprint density at radius 2 is 1.70 bits per heavy atom. The van der Waals surface area contributed by atoms with E-state index >= 15 is 0 Å². The molecule has 0 aliphatic carbocycles. The number of hydrogen-bond acceptors (Lipinski definition) is 6. The summed E-state index contributed by atoms with van der Waals surface area (Å²) in [5.74, 6) is 2.42. The van der Waals surface area contributed by atoms with Crippen molar-refractivity contribution in [2.45, 2.75) is 50.4 Å². The van der Waals surface area contributed by atoms with Crippen LogP contribution in [0.25, 0.3) is 17.1 Å². The third-order valence-electron chi connectivity index (χ3n) is 7.25. The van der Waals surface area contributed by atoms with Crippen molar-refractivity contribution in [1.29, 1.82) is 0 Å². The van der Waals surface area contributed by atoms with Gasteiger partial charge in [-0.1, -0.05) is 84.1 Å². The minimum absolute atomic E-state index is 0.133. The third-order valence-corrected chi connectivity index (χ3v) is 8.27. The lowest BCUT2D eigenvalue weighted by Crippen LogP contribution is -2.44. The second-order valence-corrected chi connectivity index (χ2v) is 11.3. The first-order valence-electron chi connectivity index (χ1n) is 13.9. The van der Waals surface area contributed by atoms with E-state index < -0.39 is 0 Å². The van der Waals surface area contributed by atoms with Gasteiger partial charge in [0, 0.05) is 43.4 Å². The molecule has 8 heteroatoms. The number of likely N-dealkylation sites (tertiary alicyclic amines) is 1. The number of thioether (sulfide) groups is 1. The van der Waals surface area contributed by atoms with Gasteiger partial charge in [-0.3, -0.25) is 14.3 Å². The summed E-state index contributed by atoms with van der Waals surface area (Å²) in [5.41, 5.74) is 4.42. The van der Waals surface area contributed by atoms with Gasteiger partial charge in [0.25, 0.3) is 0 Å². The van der Waals surface area contributed by atoms with Crippen LogP contribution in [0.2, 0.25) is 0 Å². The van der Waals surface area contributed by atoms with Gasteiger partial charge in [-0.25, -0.2) is 0 Å². The Hall–Kier alpha value is -3.62. The Balaban J connectivity index is 1.14. The molecular weight excluding hydrogens is 518 g/mol. The van der Waals surface area contributed by atoms with Crippen molar-refractivity contribution >= 4 is 17.7 Å². The number of carbonyl (C=O) groups is 1. The molecule has 1 saturated heterocycles. The van der Waals surface area contributed by atoms with E-state index in [1.165, 1.54) is 11.1 Å². The van der Waals surface area contributed by atoms with E-state index in [2.05, 4.69) is 86.5 Å². The molecule has 0 radical (unpaired) electrons. The Kier molecular flexibility index (Phi) is 9.52. The molecule has 40 heavy (non-hydrogen) atoms. The van der Waals surface area contributed by atoms with E-state index in [-0.39, 0.29) is 11.9 Å². The van der Waals surface area contributed by atoms with Crippen LogP contribution in [-0.2, 0) is 11.3 Å². The van der Waals surface area contributed by atoms with Crippen LogP contribution in [0.15, 0.2) is 84.0 Å². The van der Waals surface area contributed by atoms with Gasteiger partial charge >= 0.3 is 0 Å². The molecule has 1 amide bonds. The highest BCUT2D eigenvalue weighted by Gasteiger charge is 2.21. The van der Waals surface area contributed by atoms with Crippen LogP contribution in [0.3, 0.4) is 0 Å². The van der Waals surface area contributed by atoms with Gasteiger partial charge in [0.1, 0.15) is 5.75 Å². The number of methoxy groups -OCH3 is 1. The maximum absolute atomic E-state index is 12.7. The molecule has 0 spiro atoms. The molecule has 1 aliphatic heterocycles. The maximum Gasteiger partial charge on any atom is 0.220 e. The van der Waals surface area contributed by atoms with E-state index in [0.29, 0.717) is 6.42 Å². The van der Waals surface area contributed by atoms with Crippen LogP contribution in [0, 0.1) is 6.92 Å². The molecule has 5 rings (SSSR count). The van der Waals surface area contributed by atoms with Crippen LogP contribution in [-0.4, -0.2) is 57.6 Å². The van der Waals surface area contributed by atoms with Crippen molar-refractivity contribution in [3.05, 3.63) is 90.0 Å². The summed E-state index contributed by atoms with van der Waals surface area (Å²) in [6.45, 7) is 5.07. The third kappa shape index (κ3) is 7.11. The molecule has 208 valence electrons. The molecule has 3 aromatic carbocycles. The number of benzene rings is 3. The highest BCUT2D eigenvalue weighted by Crippen LogP contribution is 2.33. The van der Waals surface area contributed by atoms with Crippen LogP contribution in [0.4, 0.5) is 0 Å². The quantitative estimate of drug-likeness (QED) is 0.183. The monoisotopic (exact) mass is 555 g/mol. The van der Waals surface area contributed by atoms with Gasteiger partial charge in [0.15, 0.2) is 11.0 Å². The van der Waals surface area contributed by atoms with Crippen molar-refractivity contribution in [2.75, 3.05) is 26.0 Å². The normalized spacial score (nSPS) is 14.2. The van der Waals surface area contributed by atoms with Gasteiger partial charge in [-0.15, -0.1) is 10.2 Å². The lowest BCUT2D eigenvalue weighted by molar-refractivity contribution is -0.122. The molecule has 4 aromatic rings. The average molecular weight is 556 g/mol. The molecule has 2 heterocycles. The summed E-state index contributed by atoms with van der Waals surface area (Å²) >= 11 is 1.62. The molecular formula is C32H37N5O2S. The van der Waals surface area contributed by atoms with Crippen LogP contribution in [0.1, 0.15) is 36.8 Å². The molecule has 0 saturated carbocycles. The first kappa shape index (κ1) is 27.9. The number of para-hydroxylation sites is 2. The molecule has 1 N–H and O–H groups in total. The second kappa shape index (κ2) is 13.6. The molecule has 0 bridgehead atoms. The lowest BCUT2D eigenvalue weighted by atomic mass is 10.0. The molecule has 1 fully saturated rings. The SMILES string of the molecule is COc1ccccc1-n1c(SCCCC(=O)NC2CCN(Cc3ccccc3)CC2)nnc1-c1ccc(C)cc1. The van der Waals surface area contributed by atoms with Crippen LogP contribution in [0.5, 0.6) is 5.75 Å². The predicted octanol–water partition coefficient (Wildman–Crippen LogP) is 5.90. The van der Waals surface area contributed by atoms with E-state index in [9.17, 15) is 4.79 Å². The minimum Gasteiger partial charge on any atom is -0.495 e. The predicted molar refractivity (Wildman–Crippen MR) is 161 cm³/mol. The Labute approximate surface area is 241 Å². The number of nitrogens with zero attached hydrogens (tertiary/aromatic N) is 4. The van der Waals surface area contributed by atoms with E-state index in [1.54, 1.807) is 18.9 Å². The van der Waals surface area contributed by atoms with Gasteiger partial charge in [0.2, 0.25) is 5.91 Å². The number of amides is 1. The smallest absolute Gasteiger partial charge is 0.220 e. The number of aromatic nitrogens is 3. The number of hydrogen-bond donors (Lipinski definition) is 1. The van der Waals surface area contributed by atoms with Crippen molar-refractivity contribution in [2.24, 2.45) is 0 Å². The summed E-state index contributed by atoms with van der Waals surface area (Å²) in [7, 11) is 1.67. The van der Waals surface area contributed by atoms with Crippen molar-refractivity contribution in [3.63, 3.8) is 0 Å². The number of rotatable bonds is 11. The van der Waals surface area contributed by atoms with E-state index in [1.807, 2.05) is 24.3 Å². The van der Waals surface area contributed by atoms with Gasteiger partial charge in [-0.05, 0) is 43.9 Å². The standard InChI is InChI=1S/C32H37N5O2S/c1-24-14-16-26(17-15-24)31-34-35-32(37(31)28-11-6-7-12-29(28)39-2)40-22-8-13-30(38)33-27-18-20-36(21-19-27)23-25-9-4-3-5-10-25/h3-7,9-12,14-17,27H,8,13,18-23H2,1-2H3,(H,33,38). The average Bonchev–Trinajstić information content (AvgIpc) is 3.41. The summed E-state index contributed by atoms with van der Waals surface area (Å²) in [4.78, 5) is 15.2. The van der Waals surface area contributed by atoms with Crippen molar-refractivity contribution in [3.8, 4) is 22.8 Å². The summed E-state index contributed by atoms with van der Waals surface area (Å²) in [6.07, 6.45) is 3.26. The van der Waals surface area contributed by atoms with Crippen molar-refractivity contribution in [1.82, 2.24) is 25.0 Å². The largest absolute Gasteiger partial charge is 0.495 e. The highest BCUT2D eigenvalue weighted by molar-refractivity contribution is 7.99. The Morgan fingerprint density at radius 3 is 2.45 bits per heavy atom. The topological polar surface area (TPSA) is 72.3 Å². The highest BCUT2D eigenvalue weighted by atomic mass is 32.2. The summed E-state index contributed by atoms with van der Waals surface area (Å²) in [6, 6.07) is 27.0. The molecule has 1 aliphatic rings. The summed E-state index contributed by atoms with van der Waals surface area (Å²) < 4.78 is 7.71. The van der Waals surface area contributed by atoms with Gasteiger partial charge in [0.05, 0.1) is 12.8 Å². The van der Waals surface area contributed by atoms with E-state index in [4.69, 9.17) is 4.74 Å². The molecule has 1 aromatic heterocycles. The van der Waals surface area contributed by atoms with Crippen LogP contribution >= 0.6 is 11.8 Å². The first-order valence-corrected chi connectivity index (χ1v) is 14.9. The zero-order valence-corrected chi connectivity index (χ0v) is 24.1. The zero-order chi connectivity index (χ0) is 27.7. The fourth-order valence-electron chi connectivity index (χ4n) is 5.06. The Bertz CT molecular complexity index is 1380. The molecule has 7 nitrogen and oxygen atoms in total. The number of nitrogens with one attached hydrogen (secondary N) is 1. The number of ether oxygens (including phenoxy) is 1. The van der Waals surface area contributed by atoms with Gasteiger partial charge < -0.3 is 10.1 Å². The fourth-order valence-corrected chi connectivity index (χ4v) is 5.94. The minimum atomic E-state index is 0.133. The zero-order valence-electron chi connectivity index (χ0n) is 23.3. The number of aryl methyl sites for hydroxylation is 1. The summed E-state index contributed by atoms with van der Waals surface area (Å²) in [5, 5.41) is 13.1. The second-order valence-electron chi connectivity index (χ2n) is 10.2. The number of carbonyl (C=O) groups excluding carboxylic acids is 1. The molecule has 0 atom stereocenters. The molecule has 0 unspecified atom stereocenters. The number of piperidine rings is 1.